The van der Waals surface area contributed by atoms with E-state index in [0.29, 0.717) is 6.04 Å². The minimum Gasteiger partial charge on any atom is -0.312 e. The molecule has 0 amide bonds. The van der Waals surface area contributed by atoms with Crippen LogP contribution in [0.5, 0.6) is 0 Å². The Morgan fingerprint density at radius 1 is 1.41 bits per heavy atom. The Labute approximate surface area is 105 Å². The lowest BCUT2D eigenvalue weighted by Crippen LogP contribution is -2.37. The van der Waals surface area contributed by atoms with Crippen LogP contribution in [0.3, 0.4) is 0 Å². The Morgan fingerprint density at radius 3 is 3.18 bits per heavy atom. The summed E-state index contributed by atoms with van der Waals surface area (Å²) in [7, 11) is 0. The Balaban J connectivity index is 1.68. The van der Waals surface area contributed by atoms with Crippen LogP contribution in [0.15, 0.2) is 29.8 Å². The maximum absolute atomic E-state index is 4.63. The molecule has 17 heavy (non-hydrogen) atoms. The topological polar surface area (TPSA) is 29.9 Å². The standard InChI is InChI=1S/C13H17N3S/c1-2-7-14-11(4-1)10-16-8-6-12(15-16)13-5-3-9-17-13/h3,5-6,8-9,11,14H,1-2,4,7,10H2/t11-/m0/s1. The maximum Gasteiger partial charge on any atom is 0.102 e. The molecule has 0 aliphatic carbocycles. The van der Waals surface area contributed by atoms with Gasteiger partial charge in [-0.3, -0.25) is 4.68 Å². The monoisotopic (exact) mass is 247 g/mol. The molecule has 90 valence electrons. The summed E-state index contributed by atoms with van der Waals surface area (Å²) in [6.07, 6.45) is 6.02. The van der Waals surface area contributed by atoms with Crippen molar-refractivity contribution in [2.24, 2.45) is 0 Å². The van der Waals surface area contributed by atoms with E-state index in [1.165, 1.54) is 24.1 Å². The van der Waals surface area contributed by atoms with Gasteiger partial charge in [0.2, 0.25) is 0 Å². The Hall–Kier alpha value is -1.13. The van der Waals surface area contributed by atoms with Crippen LogP contribution >= 0.6 is 11.3 Å². The van der Waals surface area contributed by atoms with E-state index in [1.807, 2.05) is 0 Å². The molecule has 1 aliphatic rings. The summed E-state index contributed by atoms with van der Waals surface area (Å²) in [5.41, 5.74) is 1.09. The summed E-state index contributed by atoms with van der Waals surface area (Å²) in [5.74, 6) is 0. The van der Waals surface area contributed by atoms with Crippen LogP contribution in [0, 0.1) is 0 Å². The molecule has 4 heteroatoms. The number of hydrogen-bond donors (Lipinski definition) is 1. The lowest BCUT2D eigenvalue weighted by Gasteiger charge is -2.23. The molecule has 0 spiro atoms. The Bertz CT molecular complexity index is 455. The van der Waals surface area contributed by atoms with Gasteiger partial charge in [-0.25, -0.2) is 0 Å². The van der Waals surface area contributed by atoms with Gasteiger partial charge in [-0.05, 0) is 36.9 Å². The zero-order valence-corrected chi connectivity index (χ0v) is 10.6. The quantitative estimate of drug-likeness (QED) is 0.904. The van der Waals surface area contributed by atoms with E-state index in [0.717, 1.165) is 18.8 Å². The van der Waals surface area contributed by atoms with E-state index in [-0.39, 0.29) is 0 Å². The van der Waals surface area contributed by atoms with E-state index in [2.05, 4.69) is 44.9 Å². The number of aromatic nitrogens is 2. The molecule has 1 N–H and O–H groups in total. The second-order valence-electron chi connectivity index (χ2n) is 4.55. The van der Waals surface area contributed by atoms with E-state index in [9.17, 15) is 0 Å². The lowest BCUT2D eigenvalue weighted by atomic mass is 10.1. The molecule has 0 saturated carbocycles. The number of piperidine rings is 1. The normalized spacial score (nSPS) is 20.6. The highest BCUT2D eigenvalue weighted by Crippen LogP contribution is 2.22. The summed E-state index contributed by atoms with van der Waals surface area (Å²) < 4.78 is 2.07. The van der Waals surface area contributed by atoms with Gasteiger partial charge in [0.15, 0.2) is 0 Å². The molecule has 1 atom stereocenters. The first kappa shape index (κ1) is 11.0. The maximum atomic E-state index is 4.63. The van der Waals surface area contributed by atoms with Crippen molar-refractivity contribution >= 4 is 11.3 Å². The van der Waals surface area contributed by atoms with Gasteiger partial charge >= 0.3 is 0 Å². The summed E-state index contributed by atoms with van der Waals surface area (Å²) in [6, 6.07) is 6.90. The highest BCUT2D eigenvalue weighted by molar-refractivity contribution is 7.13. The molecule has 1 saturated heterocycles. The van der Waals surface area contributed by atoms with E-state index in [4.69, 9.17) is 0 Å². The molecule has 3 nitrogen and oxygen atoms in total. The minimum atomic E-state index is 0.597. The third-order valence-corrected chi connectivity index (χ3v) is 4.13. The molecule has 0 aromatic carbocycles. The number of rotatable bonds is 3. The number of nitrogens with zero attached hydrogens (tertiary/aromatic N) is 2. The molecule has 0 bridgehead atoms. The van der Waals surface area contributed by atoms with E-state index < -0.39 is 0 Å². The summed E-state index contributed by atoms with van der Waals surface area (Å²) in [5, 5.41) is 10.3. The fourth-order valence-electron chi connectivity index (χ4n) is 2.32. The number of thiophene rings is 1. The molecule has 2 aromatic heterocycles. The van der Waals surface area contributed by atoms with Crippen LogP contribution in [0.25, 0.3) is 10.6 Å². The molecule has 2 aromatic rings. The first-order valence-corrected chi connectivity index (χ1v) is 7.10. The molecule has 1 fully saturated rings. The van der Waals surface area contributed by atoms with Crippen LogP contribution in [-0.4, -0.2) is 22.4 Å². The van der Waals surface area contributed by atoms with Gasteiger partial charge in [0.05, 0.1) is 11.4 Å². The van der Waals surface area contributed by atoms with Crippen molar-refractivity contribution in [1.82, 2.24) is 15.1 Å². The third kappa shape index (κ3) is 2.58. The van der Waals surface area contributed by atoms with Crippen molar-refractivity contribution in [2.45, 2.75) is 31.8 Å². The average molecular weight is 247 g/mol. The summed E-state index contributed by atoms with van der Waals surface area (Å²) in [6.45, 7) is 2.15. The van der Waals surface area contributed by atoms with Crippen molar-refractivity contribution in [1.29, 1.82) is 0 Å². The van der Waals surface area contributed by atoms with Gasteiger partial charge < -0.3 is 5.32 Å². The average Bonchev–Trinajstić information content (AvgIpc) is 3.00. The zero-order valence-electron chi connectivity index (χ0n) is 9.80. The van der Waals surface area contributed by atoms with E-state index >= 15 is 0 Å². The summed E-state index contributed by atoms with van der Waals surface area (Å²) in [4.78, 5) is 1.25. The fourth-order valence-corrected chi connectivity index (χ4v) is 3.02. The van der Waals surface area contributed by atoms with Crippen LogP contribution in [0.4, 0.5) is 0 Å². The molecule has 1 aliphatic heterocycles. The second-order valence-corrected chi connectivity index (χ2v) is 5.49. The first-order valence-electron chi connectivity index (χ1n) is 6.22. The van der Waals surface area contributed by atoms with Gasteiger partial charge in [-0.15, -0.1) is 11.3 Å². The minimum absolute atomic E-state index is 0.597. The van der Waals surface area contributed by atoms with Gasteiger partial charge in [0.25, 0.3) is 0 Å². The highest BCUT2D eigenvalue weighted by Gasteiger charge is 2.13. The third-order valence-electron chi connectivity index (χ3n) is 3.23. The smallest absolute Gasteiger partial charge is 0.102 e. The largest absolute Gasteiger partial charge is 0.312 e. The molecule has 3 heterocycles. The van der Waals surface area contributed by atoms with Crippen molar-refractivity contribution in [3.63, 3.8) is 0 Å². The molecule has 0 unspecified atom stereocenters. The van der Waals surface area contributed by atoms with Crippen molar-refractivity contribution in [3.8, 4) is 10.6 Å². The Kier molecular flexibility index (Phi) is 3.25. The number of hydrogen-bond acceptors (Lipinski definition) is 3. The van der Waals surface area contributed by atoms with Crippen molar-refractivity contribution < 1.29 is 0 Å². The van der Waals surface area contributed by atoms with Gasteiger partial charge in [0.1, 0.15) is 5.69 Å². The van der Waals surface area contributed by atoms with Gasteiger partial charge in [0, 0.05) is 12.2 Å². The molecular weight excluding hydrogens is 230 g/mol. The van der Waals surface area contributed by atoms with Crippen molar-refractivity contribution in [3.05, 3.63) is 29.8 Å². The zero-order chi connectivity index (χ0) is 11.5. The second kappa shape index (κ2) is 5.02. The fraction of sp³-hybridized carbons (Fsp3) is 0.462. The van der Waals surface area contributed by atoms with E-state index in [1.54, 1.807) is 11.3 Å². The molecular formula is C13H17N3S. The predicted molar refractivity (Wildman–Crippen MR) is 71.2 cm³/mol. The van der Waals surface area contributed by atoms with Gasteiger partial charge in [-0.2, -0.15) is 5.10 Å². The SMILES string of the molecule is c1csc(-c2ccn(C[C@@H]3CCCCN3)n2)c1. The molecule has 3 rings (SSSR count). The lowest BCUT2D eigenvalue weighted by molar-refractivity contribution is 0.351. The van der Waals surface area contributed by atoms with Crippen LogP contribution in [-0.2, 0) is 6.54 Å². The van der Waals surface area contributed by atoms with Crippen LogP contribution in [0.1, 0.15) is 19.3 Å². The van der Waals surface area contributed by atoms with Gasteiger partial charge in [-0.1, -0.05) is 12.5 Å². The van der Waals surface area contributed by atoms with Crippen molar-refractivity contribution in [2.75, 3.05) is 6.54 Å². The number of nitrogens with one attached hydrogen (secondary N) is 1. The van der Waals surface area contributed by atoms with Crippen LogP contribution in [0.2, 0.25) is 0 Å². The summed E-state index contributed by atoms with van der Waals surface area (Å²) >= 11 is 1.74. The Morgan fingerprint density at radius 2 is 2.41 bits per heavy atom. The first-order chi connectivity index (χ1) is 8.42. The predicted octanol–water partition coefficient (Wildman–Crippen LogP) is 2.75. The highest BCUT2D eigenvalue weighted by atomic mass is 32.1. The van der Waals surface area contributed by atoms with Crippen LogP contribution < -0.4 is 5.32 Å². The molecule has 0 radical (unpaired) electrons.